The Bertz CT molecular complexity index is 513. The normalized spacial score (nSPS) is 13.1. The van der Waals surface area contributed by atoms with Crippen LogP contribution in [0.5, 0.6) is 0 Å². The fourth-order valence-corrected chi connectivity index (χ4v) is 2.43. The number of amides is 1. The van der Waals surface area contributed by atoms with Crippen LogP contribution in [0.25, 0.3) is 0 Å². The Morgan fingerprint density at radius 3 is 2.76 bits per heavy atom. The van der Waals surface area contributed by atoms with E-state index in [1.54, 1.807) is 13.0 Å². The highest BCUT2D eigenvalue weighted by atomic mass is 32.2. The monoisotopic (exact) mass is 257 g/mol. The van der Waals surface area contributed by atoms with Crippen molar-refractivity contribution in [1.82, 2.24) is 4.98 Å². The molecule has 3 N–H and O–H groups in total. The van der Waals surface area contributed by atoms with Crippen molar-refractivity contribution >= 4 is 21.4 Å². The molecule has 1 atom stereocenters. The highest BCUT2D eigenvalue weighted by molar-refractivity contribution is 7.90. The topological polar surface area (TPSA) is 102 Å². The van der Waals surface area contributed by atoms with Crippen LogP contribution >= 0.6 is 0 Å². The maximum atomic E-state index is 11.1. The molecule has 0 saturated heterocycles. The van der Waals surface area contributed by atoms with Crippen LogP contribution in [0.4, 0.5) is 5.69 Å². The fraction of sp³-hybridized carbons (Fsp3) is 0.400. The summed E-state index contributed by atoms with van der Waals surface area (Å²) in [4.78, 5) is 14.7. The van der Waals surface area contributed by atoms with Crippen molar-refractivity contribution in [2.45, 2.75) is 13.0 Å². The molecule has 0 saturated carbocycles. The number of hydrogen-bond donors (Lipinski definition) is 2. The second kappa shape index (κ2) is 5.13. The minimum Gasteiger partial charge on any atom is -0.381 e. The smallest absolute Gasteiger partial charge is 0.267 e. The predicted molar refractivity (Wildman–Crippen MR) is 65.6 cm³/mol. The SMILES string of the molecule is CC(CS(C)(=O)=O)Nc1ccnc(C(N)=O)c1. The second-order valence-electron chi connectivity index (χ2n) is 3.93. The minimum absolute atomic E-state index is 0.0151. The van der Waals surface area contributed by atoms with Crippen LogP contribution < -0.4 is 11.1 Å². The summed E-state index contributed by atoms with van der Waals surface area (Å²) in [5, 5.41) is 2.97. The number of carbonyl (C=O) groups is 1. The molecule has 0 fully saturated rings. The summed E-state index contributed by atoms with van der Waals surface area (Å²) in [5.74, 6) is -0.606. The Morgan fingerprint density at radius 1 is 1.59 bits per heavy atom. The van der Waals surface area contributed by atoms with E-state index in [0.29, 0.717) is 5.69 Å². The number of aromatic nitrogens is 1. The van der Waals surface area contributed by atoms with Crippen LogP contribution in [0.1, 0.15) is 17.4 Å². The number of nitrogens with two attached hydrogens (primary N) is 1. The van der Waals surface area contributed by atoms with Crippen LogP contribution in [0.3, 0.4) is 0 Å². The molecule has 0 aliphatic heterocycles. The first-order chi connectivity index (χ1) is 7.78. The lowest BCUT2D eigenvalue weighted by Crippen LogP contribution is -2.25. The van der Waals surface area contributed by atoms with E-state index in [9.17, 15) is 13.2 Å². The summed E-state index contributed by atoms with van der Waals surface area (Å²) in [5.41, 5.74) is 5.85. The van der Waals surface area contributed by atoms with E-state index in [4.69, 9.17) is 5.73 Å². The van der Waals surface area contributed by atoms with Gasteiger partial charge in [0, 0.05) is 24.2 Å². The zero-order chi connectivity index (χ0) is 13.1. The van der Waals surface area contributed by atoms with Crippen molar-refractivity contribution in [3.05, 3.63) is 24.0 Å². The van der Waals surface area contributed by atoms with Gasteiger partial charge in [-0.1, -0.05) is 0 Å². The molecule has 0 aromatic carbocycles. The summed E-state index contributed by atoms with van der Waals surface area (Å²) >= 11 is 0. The number of sulfone groups is 1. The molecule has 0 radical (unpaired) electrons. The van der Waals surface area contributed by atoms with Crippen LogP contribution in [0.2, 0.25) is 0 Å². The van der Waals surface area contributed by atoms with Gasteiger partial charge in [0.15, 0.2) is 0 Å². The molecule has 0 aliphatic carbocycles. The lowest BCUT2D eigenvalue weighted by atomic mass is 10.3. The van der Waals surface area contributed by atoms with E-state index >= 15 is 0 Å². The van der Waals surface area contributed by atoms with Crippen LogP contribution in [0, 0.1) is 0 Å². The second-order valence-corrected chi connectivity index (χ2v) is 6.12. The van der Waals surface area contributed by atoms with E-state index in [-0.39, 0.29) is 17.5 Å². The van der Waals surface area contributed by atoms with Crippen LogP contribution in [-0.2, 0) is 9.84 Å². The van der Waals surface area contributed by atoms with Gasteiger partial charge in [0.05, 0.1) is 5.75 Å². The maximum absolute atomic E-state index is 11.1. The standard InChI is InChI=1S/C10H15N3O3S/c1-7(6-17(2,15)16)13-8-3-4-12-9(5-8)10(11)14/h3-5,7H,6H2,1-2H3,(H2,11,14)(H,12,13). The van der Waals surface area contributed by atoms with Crippen molar-refractivity contribution < 1.29 is 13.2 Å². The average Bonchev–Trinajstić information content (AvgIpc) is 2.14. The minimum atomic E-state index is -3.04. The molecule has 0 spiro atoms. The van der Waals surface area contributed by atoms with Gasteiger partial charge in [-0.15, -0.1) is 0 Å². The Balaban J connectivity index is 2.75. The molecule has 0 bridgehead atoms. The Hall–Kier alpha value is -1.63. The third kappa shape index (κ3) is 4.81. The third-order valence-electron chi connectivity index (χ3n) is 1.98. The van der Waals surface area contributed by atoms with Crippen molar-refractivity contribution in [3.8, 4) is 0 Å². The molecule has 7 heteroatoms. The molecule has 17 heavy (non-hydrogen) atoms. The van der Waals surface area contributed by atoms with Crippen molar-refractivity contribution in [2.24, 2.45) is 5.73 Å². The van der Waals surface area contributed by atoms with Gasteiger partial charge in [-0.2, -0.15) is 0 Å². The highest BCUT2D eigenvalue weighted by Crippen LogP contribution is 2.09. The number of carbonyl (C=O) groups excluding carboxylic acids is 1. The highest BCUT2D eigenvalue weighted by Gasteiger charge is 2.11. The van der Waals surface area contributed by atoms with Crippen molar-refractivity contribution in [3.63, 3.8) is 0 Å². The van der Waals surface area contributed by atoms with Crippen molar-refractivity contribution in [2.75, 3.05) is 17.3 Å². The lowest BCUT2D eigenvalue weighted by Gasteiger charge is -2.14. The van der Waals surface area contributed by atoms with Gasteiger partial charge in [0.2, 0.25) is 0 Å². The van der Waals surface area contributed by atoms with Crippen LogP contribution in [-0.4, -0.2) is 37.4 Å². The molecular weight excluding hydrogens is 242 g/mol. The van der Waals surface area contributed by atoms with Gasteiger partial charge >= 0.3 is 0 Å². The van der Waals surface area contributed by atoms with Crippen LogP contribution in [0.15, 0.2) is 18.3 Å². The summed E-state index contributed by atoms with van der Waals surface area (Å²) in [6, 6.07) is 2.87. The van der Waals surface area contributed by atoms with E-state index in [2.05, 4.69) is 10.3 Å². The molecule has 1 unspecified atom stereocenters. The third-order valence-corrected chi connectivity index (χ3v) is 3.08. The van der Waals surface area contributed by atoms with Gasteiger partial charge in [-0.3, -0.25) is 9.78 Å². The summed E-state index contributed by atoms with van der Waals surface area (Å²) in [6.07, 6.45) is 2.61. The molecule has 94 valence electrons. The molecule has 1 amide bonds. The summed E-state index contributed by atoms with van der Waals surface area (Å²) < 4.78 is 22.2. The zero-order valence-corrected chi connectivity index (χ0v) is 10.5. The molecule has 1 aromatic heterocycles. The lowest BCUT2D eigenvalue weighted by molar-refractivity contribution is 0.0995. The first kappa shape index (κ1) is 13.4. The van der Waals surface area contributed by atoms with E-state index < -0.39 is 15.7 Å². The number of hydrogen-bond acceptors (Lipinski definition) is 5. The summed E-state index contributed by atoms with van der Waals surface area (Å²) in [6.45, 7) is 1.74. The molecular formula is C10H15N3O3S. The molecule has 0 aliphatic rings. The number of nitrogens with one attached hydrogen (secondary N) is 1. The van der Waals surface area contributed by atoms with E-state index in [0.717, 1.165) is 0 Å². The zero-order valence-electron chi connectivity index (χ0n) is 9.67. The number of primary amides is 1. The number of nitrogens with zero attached hydrogens (tertiary/aromatic N) is 1. The first-order valence-corrected chi connectivity index (χ1v) is 7.04. The van der Waals surface area contributed by atoms with Gasteiger partial charge in [0.25, 0.3) is 5.91 Å². The first-order valence-electron chi connectivity index (χ1n) is 4.98. The number of rotatable bonds is 5. The number of pyridine rings is 1. The largest absolute Gasteiger partial charge is 0.381 e. The van der Waals surface area contributed by atoms with Gasteiger partial charge in [0.1, 0.15) is 15.5 Å². The molecule has 1 rings (SSSR count). The Morgan fingerprint density at radius 2 is 2.24 bits per heavy atom. The van der Waals surface area contributed by atoms with Crippen molar-refractivity contribution in [1.29, 1.82) is 0 Å². The molecule has 1 aromatic rings. The maximum Gasteiger partial charge on any atom is 0.267 e. The average molecular weight is 257 g/mol. The fourth-order valence-electron chi connectivity index (χ4n) is 1.44. The Kier molecular flexibility index (Phi) is 4.06. The van der Waals surface area contributed by atoms with Gasteiger partial charge in [-0.05, 0) is 19.1 Å². The summed E-state index contributed by atoms with van der Waals surface area (Å²) in [7, 11) is -3.04. The van der Waals surface area contributed by atoms with Gasteiger partial charge < -0.3 is 11.1 Å². The van der Waals surface area contributed by atoms with Gasteiger partial charge in [-0.25, -0.2) is 8.42 Å². The van der Waals surface area contributed by atoms with E-state index in [1.165, 1.54) is 18.5 Å². The van der Waals surface area contributed by atoms with E-state index in [1.807, 2.05) is 0 Å². The molecule has 1 heterocycles. The quantitative estimate of drug-likeness (QED) is 0.774. The predicted octanol–water partition coefficient (Wildman–Crippen LogP) is 0.0255. The Labute approximate surface area is 100 Å². The number of anilines is 1. The molecule has 6 nitrogen and oxygen atoms in total.